The molecule has 2 nitrogen and oxygen atoms in total. The highest BCUT2D eigenvalue weighted by atomic mass is 16.5. The highest BCUT2D eigenvalue weighted by Crippen LogP contribution is 2.26. The molecule has 3 aromatic carbocycles. The van der Waals surface area contributed by atoms with Crippen LogP contribution in [0.25, 0.3) is 21.5 Å². The molecule has 0 radical (unpaired) electrons. The fourth-order valence-corrected chi connectivity index (χ4v) is 2.32. The summed E-state index contributed by atoms with van der Waals surface area (Å²) in [5.41, 5.74) is 0. The van der Waals surface area contributed by atoms with Gasteiger partial charge in [-0.25, -0.2) is 0 Å². The summed E-state index contributed by atoms with van der Waals surface area (Å²) in [5.74, 6) is 0.806. The molecule has 0 aliphatic rings. The molecule has 2 heteroatoms. The predicted octanol–water partition coefficient (Wildman–Crippen LogP) is 4.14. The molecular weight excluding hydrogens is 248 g/mol. The van der Waals surface area contributed by atoms with Gasteiger partial charge in [-0.05, 0) is 52.2 Å². The lowest BCUT2D eigenvalue weighted by Gasteiger charge is -2.11. The molecule has 0 aliphatic heterocycles. The molecule has 102 valence electrons. The Morgan fingerprint density at radius 3 is 2.25 bits per heavy atom. The molecule has 0 amide bonds. The zero-order valence-electron chi connectivity index (χ0n) is 11.5. The van der Waals surface area contributed by atoms with Gasteiger partial charge in [0.05, 0.1) is 6.10 Å². The van der Waals surface area contributed by atoms with Crippen molar-refractivity contribution in [1.82, 2.24) is 0 Å². The van der Waals surface area contributed by atoms with Crippen LogP contribution in [0.2, 0.25) is 0 Å². The van der Waals surface area contributed by atoms with Gasteiger partial charge in [-0.15, -0.1) is 0 Å². The van der Waals surface area contributed by atoms with Gasteiger partial charge < -0.3 is 9.84 Å². The molecule has 0 fully saturated rings. The monoisotopic (exact) mass is 266 g/mol. The zero-order valence-corrected chi connectivity index (χ0v) is 11.5. The molecule has 1 unspecified atom stereocenters. The Morgan fingerprint density at radius 1 is 0.900 bits per heavy atom. The van der Waals surface area contributed by atoms with Gasteiger partial charge in [0.25, 0.3) is 0 Å². The molecule has 20 heavy (non-hydrogen) atoms. The Balaban J connectivity index is 1.95. The summed E-state index contributed by atoms with van der Waals surface area (Å²) in [6, 6.07) is 18.8. The Hall–Kier alpha value is -2.06. The van der Waals surface area contributed by atoms with Crippen LogP contribution in [0.4, 0.5) is 0 Å². The molecule has 3 rings (SSSR count). The number of ether oxygens (including phenoxy) is 1. The Kier molecular flexibility index (Phi) is 3.57. The average Bonchev–Trinajstić information content (AvgIpc) is 2.50. The van der Waals surface area contributed by atoms with E-state index in [1.54, 1.807) is 0 Å². The quantitative estimate of drug-likeness (QED) is 0.719. The number of hydrogen-bond donors (Lipinski definition) is 1. The lowest BCUT2D eigenvalue weighted by molar-refractivity contribution is 0.104. The second-order valence-electron chi connectivity index (χ2n) is 5.08. The summed E-state index contributed by atoms with van der Waals surface area (Å²) in [5, 5.41) is 14.4. The van der Waals surface area contributed by atoms with Crippen molar-refractivity contribution >= 4 is 21.5 Å². The van der Waals surface area contributed by atoms with Crippen molar-refractivity contribution in [1.29, 1.82) is 0 Å². The zero-order chi connectivity index (χ0) is 13.9. The van der Waals surface area contributed by atoms with Gasteiger partial charge in [0, 0.05) is 0 Å². The van der Waals surface area contributed by atoms with Crippen molar-refractivity contribution in [2.45, 2.75) is 19.4 Å². The van der Waals surface area contributed by atoms with Crippen molar-refractivity contribution in [3.63, 3.8) is 0 Å². The van der Waals surface area contributed by atoms with Crippen LogP contribution in [0.1, 0.15) is 13.3 Å². The van der Waals surface area contributed by atoms with Crippen LogP contribution in [-0.2, 0) is 0 Å². The maximum atomic E-state index is 9.55. The third-order valence-electron chi connectivity index (χ3n) is 3.59. The van der Waals surface area contributed by atoms with Gasteiger partial charge in [-0.2, -0.15) is 0 Å². The van der Waals surface area contributed by atoms with E-state index in [9.17, 15) is 5.11 Å². The Bertz CT molecular complexity index is 734. The van der Waals surface area contributed by atoms with Crippen molar-refractivity contribution in [3.8, 4) is 5.75 Å². The SMILES string of the molecule is CCC(O)COc1ccc2cc3ccccc3cc2c1. The van der Waals surface area contributed by atoms with Crippen molar-refractivity contribution < 1.29 is 9.84 Å². The highest BCUT2D eigenvalue weighted by molar-refractivity contribution is 5.98. The second-order valence-corrected chi connectivity index (χ2v) is 5.08. The molecule has 0 aromatic heterocycles. The van der Waals surface area contributed by atoms with Crippen molar-refractivity contribution in [2.75, 3.05) is 6.61 Å². The van der Waals surface area contributed by atoms with E-state index in [0.717, 1.165) is 11.1 Å². The Labute approximate surface area is 118 Å². The minimum absolute atomic E-state index is 0.343. The van der Waals surface area contributed by atoms with E-state index in [1.807, 2.05) is 25.1 Å². The van der Waals surface area contributed by atoms with Crippen LogP contribution in [0.3, 0.4) is 0 Å². The maximum Gasteiger partial charge on any atom is 0.120 e. The highest BCUT2D eigenvalue weighted by Gasteiger charge is 2.03. The van der Waals surface area contributed by atoms with Crippen LogP contribution >= 0.6 is 0 Å². The summed E-state index contributed by atoms with van der Waals surface area (Å²) in [7, 11) is 0. The number of fused-ring (bicyclic) bond motifs is 2. The van der Waals surface area contributed by atoms with Gasteiger partial charge >= 0.3 is 0 Å². The Morgan fingerprint density at radius 2 is 1.55 bits per heavy atom. The average molecular weight is 266 g/mol. The van der Waals surface area contributed by atoms with Crippen LogP contribution in [0.5, 0.6) is 5.75 Å². The fraction of sp³-hybridized carbons (Fsp3) is 0.222. The molecule has 0 spiro atoms. The first-order valence-electron chi connectivity index (χ1n) is 6.99. The topological polar surface area (TPSA) is 29.5 Å². The van der Waals surface area contributed by atoms with E-state index in [-0.39, 0.29) is 0 Å². The lowest BCUT2D eigenvalue weighted by atomic mass is 10.0. The molecule has 0 heterocycles. The normalized spacial score (nSPS) is 12.7. The van der Waals surface area contributed by atoms with E-state index in [4.69, 9.17) is 4.74 Å². The third kappa shape index (κ3) is 2.61. The minimum Gasteiger partial charge on any atom is -0.491 e. The number of benzene rings is 3. The van der Waals surface area contributed by atoms with Gasteiger partial charge in [0.1, 0.15) is 12.4 Å². The van der Waals surface area contributed by atoms with E-state index in [1.165, 1.54) is 16.2 Å². The molecule has 0 aliphatic carbocycles. The molecule has 3 aromatic rings. The van der Waals surface area contributed by atoms with Crippen LogP contribution in [-0.4, -0.2) is 17.8 Å². The van der Waals surface area contributed by atoms with Gasteiger partial charge in [-0.1, -0.05) is 37.3 Å². The number of rotatable bonds is 4. The maximum absolute atomic E-state index is 9.55. The van der Waals surface area contributed by atoms with E-state index in [2.05, 4.69) is 36.4 Å². The summed E-state index contributed by atoms with van der Waals surface area (Å²) < 4.78 is 5.63. The van der Waals surface area contributed by atoms with Crippen LogP contribution in [0, 0.1) is 0 Å². The molecule has 0 saturated heterocycles. The molecule has 0 saturated carbocycles. The van der Waals surface area contributed by atoms with E-state index < -0.39 is 6.10 Å². The van der Waals surface area contributed by atoms with Crippen molar-refractivity contribution in [3.05, 3.63) is 54.6 Å². The molecule has 1 atom stereocenters. The van der Waals surface area contributed by atoms with Crippen molar-refractivity contribution in [2.24, 2.45) is 0 Å². The summed E-state index contributed by atoms with van der Waals surface area (Å²) in [4.78, 5) is 0. The predicted molar refractivity (Wildman–Crippen MR) is 83.2 cm³/mol. The third-order valence-corrected chi connectivity index (χ3v) is 3.59. The van der Waals surface area contributed by atoms with Gasteiger partial charge in [0.2, 0.25) is 0 Å². The first-order chi connectivity index (χ1) is 9.76. The number of aliphatic hydroxyl groups excluding tert-OH is 1. The standard InChI is InChI=1S/C18H18O2/c1-2-17(19)12-20-18-8-7-15-9-13-5-3-4-6-14(13)10-16(15)11-18/h3-11,17,19H,2,12H2,1H3. The largest absolute Gasteiger partial charge is 0.491 e. The van der Waals surface area contributed by atoms with Gasteiger partial charge in [0.15, 0.2) is 0 Å². The minimum atomic E-state index is -0.401. The smallest absolute Gasteiger partial charge is 0.120 e. The first-order valence-corrected chi connectivity index (χ1v) is 6.99. The van der Waals surface area contributed by atoms with E-state index >= 15 is 0 Å². The molecule has 1 N–H and O–H groups in total. The summed E-state index contributed by atoms with van der Waals surface area (Å²) >= 11 is 0. The van der Waals surface area contributed by atoms with Crippen LogP contribution < -0.4 is 4.74 Å². The van der Waals surface area contributed by atoms with Gasteiger partial charge in [-0.3, -0.25) is 0 Å². The first kappa shape index (κ1) is 12.9. The fourth-order valence-electron chi connectivity index (χ4n) is 2.32. The number of hydrogen-bond acceptors (Lipinski definition) is 2. The molecule has 0 bridgehead atoms. The van der Waals surface area contributed by atoms with Crippen LogP contribution in [0.15, 0.2) is 54.6 Å². The summed E-state index contributed by atoms with van der Waals surface area (Å²) in [6.45, 7) is 2.29. The number of aliphatic hydroxyl groups is 1. The second kappa shape index (κ2) is 5.51. The summed E-state index contributed by atoms with van der Waals surface area (Å²) in [6.07, 6.45) is 0.306. The van der Waals surface area contributed by atoms with E-state index in [0.29, 0.717) is 13.0 Å². The lowest BCUT2D eigenvalue weighted by Crippen LogP contribution is -2.15. The molecular formula is C18H18O2.